The molecular weight excluding hydrogens is 356 g/mol. The number of nitrogens with one attached hydrogen (secondary N) is 1. The van der Waals surface area contributed by atoms with Gasteiger partial charge in [0.15, 0.2) is 0 Å². The largest absolute Gasteiger partial charge is 0.368 e. The molecule has 2 aromatic carbocycles. The minimum absolute atomic E-state index is 0.174. The van der Waals surface area contributed by atoms with E-state index in [2.05, 4.69) is 15.1 Å². The second-order valence-corrected chi connectivity index (χ2v) is 6.71. The summed E-state index contributed by atoms with van der Waals surface area (Å²) in [5.74, 6) is -0.0949. The quantitative estimate of drug-likeness (QED) is 0.706. The van der Waals surface area contributed by atoms with Gasteiger partial charge in [0.2, 0.25) is 5.91 Å². The first-order chi connectivity index (χ1) is 13.5. The number of nitrogens with zero attached hydrogens (tertiary/aromatic N) is 4. The van der Waals surface area contributed by atoms with Crippen LogP contribution in [-0.2, 0) is 16.1 Å². The van der Waals surface area contributed by atoms with E-state index in [1.54, 1.807) is 7.05 Å². The minimum atomic E-state index is -0.680. The fraction of sp³-hybridized carbons (Fsp3) is 0.200. The highest BCUT2D eigenvalue weighted by atomic mass is 16.2. The van der Waals surface area contributed by atoms with Gasteiger partial charge in [-0.3, -0.25) is 14.6 Å². The first-order valence-electron chi connectivity index (χ1n) is 8.93. The fourth-order valence-electron chi connectivity index (χ4n) is 3.28. The normalized spacial score (nSPS) is 16.2. The van der Waals surface area contributed by atoms with Gasteiger partial charge in [0.1, 0.15) is 17.6 Å². The molecule has 3 aromatic rings. The Labute approximate surface area is 161 Å². The molecule has 142 valence electrons. The Hall–Kier alpha value is -3.68. The molecule has 1 atom stereocenters. The van der Waals surface area contributed by atoms with Crippen LogP contribution >= 0.6 is 0 Å². The summed E-state index contributed by atoms with van der Waals surface area (Å²) in [6, 6.07) is 16.2. The number of nitrogens with two attached hydrogens (primary N) is 1. The molecular formula is C20H20N6O2. The summed E-state index contributed by atoms with van der Waals surface area (Å²) in [7, 11) is 1.68. The summed E-state index contributed by atoms with van der Waals surface area (Å²) in [6.45, 7) is 0.305. The van der Waals surface area contributed by atoms with Crippen molar-refractivity contribution in [2.75, 3.05) is 12.1 Å². The predicted molar refractivity (Wildman–Crippen MR) is 107 cm³/mol. The molecule has 1 aliphatic heterocycles. The third-order valence-electron chi connectivity index (χ3n) is 4.68. The fourth-order valence-corrected chi connectivity index (χ4v) is 3.28. The van der Waals surface area contributed by atoms with Gasteiger partial charge in [-0.1, -0.05) is 30.3 Å². The summed E-state index contributed by atoms with van der Waals surface area (Å²) < 4.78 is 0. The highest BCUT2D eigenvalue weighted by molar-refractivity contribution is 6.40. The number of carbonyl (C=O) groups excluding carboxylic acids is 2. The average Bonchev–Trinajstić information content (AvgIpc) is 3.32. The molecule has 1 aliphatic rings. The van der Waals surface area contributed by atoms with E-state index in [-0.39, 0.29) is 12.3 Å². The van der Waals surface area contributed by atoms with Crippen LogP contribution in [0.15, 0.2) is 59.7 Å². The van der Waals surface area contributed by atoms with Crippen molar-refractivity contribution in [2.24, 2.45) is 10.8 Å². The average molecular weight is 376 g/mol. The van der Waals surface area contributed by atoms with Crippen LogP contribution in [0.25, 0.3) is 11.0 Å². The molecule has 3 N–H and O–H groups in total. The lowest BCUT2D eigenvalue weighted by atomic mass is 10.1. The first-order valence-corrected chi connectivity index (χ1v) is 8.93. The molecule has 0 unspecified atom stereocenters. The number of anilines is 1. The second-order valence-electron chi connectivity index (χ2n) is 6.71. The maximum absolute atomic E-state index is 12.9. The number of fused-ring (bicyclic) bond motifs is 1. The molecule has 0 fully saturated rings. The van der Waals surface area contributed by atoms with E-state index >= 15 is 0 Å². The minimum Gasteiger partial charge on any atom is -0.368 e. The van der Waals surface area contributed by atoms with Crippen LogP contribution in [-0.4, -0.2) is 45.5 Å². The van der Waals surface area contributed by atoms with Crippen LogP contribution in [0, 0.1) is 0 Å². The number of primary amides is 1. The van der Waals surface area contributed by atoms with E-state index in [1.807, 2.05) is 54.6 Å². The molecule has 0 aliphatic carbocycles. The van der Waals surface area contributed by atoms with Crippen molar-refractivity contribution < 1.29 is 9.59 Å². The Bertz CT molecular complexity index is 1030. The molecule has 2 amide bonds. The lowest BCUT2D eigenvalue weighted by Gasteiger charge is -2.20. The van der Waals surface area contributed by atoms with Crippen LogP contribution in [0.2, 0.25) is 0 Å². The van der Waals surface area contributed by atoms with E-state index in [0.717, 1.165) is 11.0 Å². The summed E-state index contributed by atoms with van der Waals surface area (Å²) >= 11 is 0. The summed E-state index contributed by atoms with van der Waals surface area (Å²) in [5.41, 5.74) is 8.32. The van der Waals surface area contributed by atoms with Crippen molar-refractivity contribution in [3.8, 4) is 0 Å². The van der Waals surface area contributed by atoms with Crippen molar-refractivity contribution in [1.82, 2.24) is 14.9 Å². The highest BCUT2D eigenvalue weighted by Crippen LogP contribution is 2.25. The number of hydrogen-bond acceptors (Lipinski definition) is 5. The number of benzene rings is 2. The number of carbonyl (C=O) groups is 2. The van der Waals surface area contributed by atoms with E-state index in [1.165, 1.54) is 9.91 Å². The smallest absolute Gasteiger partial charge is 0.270 e. The Morgan fingerprint density at radius 2 is 1.89 bits per heavy atom. The second kappa shape index (κ2) is 7.15. The maximum Gasteiger partial charge on any atom is 0.270 e. The molecule has 4 rings (SSSR count). The van der Waals surface area contributed by atoms with Crippen molar-refractivity contribution in [3.05, 3.63) is 60.4 Å². The maximum atomic E-state index is 12.9. The van der Waals surface area contributed by atoms with Gasteiger partial charge < -0.3 is 15.6 Å². The van der Waals surface area contributed by atoms with Gasteiger partial charge in [-0.15, -0.1) is 0 Å². The molecule has 2 heterocycles. The third kappa shape index (κ3) is 3.32. The summed E-state index contributed by atoms with van der Waals surface area (Å²) in [4.78, 5) is 34.0. The van der Waals surface area contributed by atoms with E-state index in [0.29, 0.717) is 23.8 Å². The topological polar surface area (TPSA) is 108 Å². The van der Waals surface area contributed by atoms with Gasteiger partial charge in [-0.05, 0) is 24.3 Å². The Morgan fingerprint density at radius 1 is 1.18 bits per heavy atom. The first kappa shape index (κ1) is 17.7. The number of hydrazone groups is 1. The number of aromatic amines is 1. The van der Waals surface area contributed by atoms with Gasteiger partial charge in [-0.2, -0.15) is 5.10 Å². The number of aromatic nitrogens is 2. The van der Waals surface area contributed by atoms with Crippen LogP contribution in [0.3, 0.4) is 0 Å². The van der Waals surface area contributed by atoms with Gasteiger partial charge >= 0.3 is 0 Å². The van der Waals surface area contributed by atoms with Gasteiger partial charge in [0.25, 0.3) is 5.91 Å². The van der Waals surface area contributed by atoms with Crippen LogP contribution in [0.4, 0.5) is 5.69 Å². The molecule has 0 spiro atoms. The van der Waals surface area contributed by atoms with E-state index in [9.17, 15) is 9.59 Å². The lowest BCUT2D eigenvalue weighted by Crippen LogP contribution is -2.40. The molecule has 8 nitrogen and oxygen atoms in total. The van der Waals surface area contributed by atoms with Crippen LogP contribution in [0.5, 0.6) is 0 Å². The summed E-state index contributed by atoms with van der Waals surface area (Å²) in [5, 5.41) is 5.91. The number of amides is 2. The zero-order valence-electron chi connectivity index (χ0n) is 15.4. The van der Waals surface area contributed by atoms with Crippen molar-refractivity contribution >= 4 is 34.2 Å². The highest BCUT2D eigenvalue weighted by Gasteiger charge is 2.36. The number of hydrogen-bond donors (Lipinski definition) is 2. The van der Waals surface area contributed by atoms with Gasteiger partial charge in [-0.25, -0.2) is 4.98 Å². The number of para-hydroxylation sites is 3. The van der Waals surface area contributed by atoms with Crippen LogP contribution < -0.4 is 10.7 Å². The zero-order chi connectivity index (χ0) is 19.7. The molecule has 28 heavy (non-hydrogen) atoms. The lowest BCUT2D eigenvalue weighted by molar-refractivity contribution is -0.123. The molecule has 8 heteroatoms. The standard InChI is InChI=1S/C20H20N6O2/c1-25(12-18-22-14-9-5-6-10-15(14)23-18)20(28)16-11-17(19(21)27)26(24-16)13-7-3-2-4-8-13/h2-10,17H,11-12H2,1H3,(H2,21,27)(H,22,23)/t17-/m0/s1. The molecule has 0 saturated heterocycles. The number of rotatable bonds is 5. The Balaban J connectivity index is 1.53. The van der Waals surface area contributed by atoms with Crippen molar-refractivity contribution in [1.29, 1.82) is 0 Å². The summed E-state index contributed by atoms with van der Waals surface area (Å²) in [6.07, 6.45) is 0.174. The van der Waals surface area contributed by atoms with Crippen LogP contribution in [0.1, 0.15) is 12.2 Å². The monoisotopic (exact) mass is 376 g/mol. The van der Waals surface area contributed by atoms with Gasteiger partial charge in [0, 0.05) is 13.5 Å². The SMILES string of the molecule is CN(Cc1nc2ccccc2[nH]1)C(=O)C1=NN(c2ccccc2)[C@H](C(N)=O)C1. The van der Waals surface area contributed by atoms with Crippen molar-refractivity contribution in [3.63, 3.8) is 0 Å². The van der Waals surface area contributed by atoms with E-state index < -0.39 is 11.9 Å². The van der Waals surface area contributed by atoms with Crippen molar-refractivity contribution in [2.45, 2.75) is 19.0 Å². The zero-order valence-corrected chi connectivity index (χ0v) is 15.4. The number of H-pyrrole nitrogens is 1. The molecule has 0 saturated carbocycles. The Kier molecular flexibility index (Phi) is 4.52. The third-order valence-corrected chi connectivity index (χ3v) is 4.68. The van der Waals surface area contributed by atoms with E-state index in [4.69, 9.17) is 5.73 Å². The van der Waals surface area contributed by atoms with Gasteiger partial charge in [0.05, 0.1) is 23.3 Å². The predicted octanol–water partition coefficient (Wildman–Crippen LogP) is 1.64. The molecule has 0 bridgehead atoms. The number of imidazole rings is 1. The molecule has 0 radical (unpaired) electrons. The molecule has 1 aromatic heterocycles. The Morgan fingerprint density at radius 3 is 2.61 bits per heavy atom.